The fourth-order valence-electron chi connectivity index (χ4n) is 4.30. The summed E-state index contributed by atoms with van der Waals surface area (Å²) < 4.78 is 0. The highest BCUT2D eigenvalue weighted by Crippen LogP contribution is 2.51. The standard InChI is InChI=1S/C30H19N3S/c31-20-24-8-6-10-26(32-24)22-17-15-21(16-18-22)23-7-5-9-25(19-23)33-27-11-1-3-13-29(27)34-30-14-4-2-12-28(30)33/h1-19H. The Morgan fingerprint density at radius 1 is 0.618 bits per heavy atom. The van der Waals surface area contributed by atoms with Gasteiger partial charge >= 0.3 is 0 Å². The van der Waals surface area contributed by atoms with Crippen molar-refractivity contribution in [2.24, 2.45) is 0 Å². The summed E-state index contributed by atoms with van der Waals surface area (Å²) >= 11 is 1.82. The van der Waals surface area contributed by atoms with Crippen LogP contribution in [0.25, 0.3) is 22.4 Å². The van der Waals surface area contributed by atoms with E-state index in [-0.39, 0.29) is 0 Å². The maximum atomic E-state index is 9.14. The number of para-hydroxylation sites is 2. The highest BCUT2D eigenvalue weighted by Gasteiger charge is 2.24. The van der Waals surface area contributed by atoms with E-state index in [0.717, 1.165) is 28.1 Å². The van der Waals surface area contributed by atoms with Crippen LogP contribution in [0.2, 0.25) is 0 Å². The molecule has 4 heteroatoms. The first-order valence-corrected chi connectivity index (χ1v) is 11.9. The highest BCUT2D eigenvalue weighted by atomic mass is 32.2. The van der Waals surface area contributed by atoms with E-state index in [9.17, 15) is 0 Å². The molecule has 0 amide bonds. The lowest BCUT2D eigenvalue weighted by atomic mass is 10.0. The van der Waals surface area contributed by atoms with Crippen molar-refractivity contribution in [2.45, 2.75) is 9.79 Å². The number of hydrogen-bond donors (Lipinski definition) is 0. The molecule has 160 valence electrons. The van der Waals surface area contributed by atoms with E-state index in [1.54, 1.807) is 6.07 Å². The number of fused-ring (bicyclic) bond motifs is 2. The molecule has 6 rings (SSSR count). The maximum absolute atomic E-state index is 9.14. The summed E-state index contributed by atoms with van der Waals surface area (Å²) in [5.41, 5.74) is 8.03. The van der Waals surface area contributed by atoms with Crippen molar-refractivity contribution >= 4 is 28.8 Å². The van der Waals surface area contributed by atoms with Crippen molar-refractivity contribution < 1.29 is 0 Å². The van der Waals surface area contributed by atoms with E-state index in [1.165, 1.54) is 21.2 Å². The summed E-state index contributed by atoms with van der Waals surface area (Å²) in [6.07, 6.45) is 0. The lowest BCUT2D eigenvalue weighted by molar-refractivity contribution is 1.17. The van der Waals surface area contributed by atoms with Crippen molar-refractivity contribution in [3.63, 3.8) is 0 Å². The Kier molecular flexibility index (Phi) is 5.10. The fourth-order valence-corrected chi connectivity index (χ4v) is 5.36. The number of hydrogen-bond acceptors (Lipinski definition) is 4. The normalized spacial score (nSPS) is 11.9. The molecule has 0 aliphatic carbocycles. The molecule has 0 spiro atoms. The molecule has 0 unspecified atom stereocenters. The Morgan fingerprint density at radius 3 is 1.97 bits per heavy atom. The summed E-state index contributed by atoms with van der Waals surface area (Å²) in [5.74, 6) is 0. The molecule has 0 radical (unpaired) electrons. The van der Waals surface area contributed by atoms with Gasteiger partial charge in [-0.15, -0.1) is 0 Å². The second-order valence-corrected chi connectivity index (χ2v) is 9.10. The topological polar surface area (TPSA) is 39.9 Å². The van der Waals surface area contributed by atoms with Gasteiger partial charge in [0.15, 0.2) is 0 Å². The zero-order valence-electron chi connectivity index (χ0n) is 18.2. The van der Waals surface area contributed by atoms with Gasteiger partial charge in [-0.05, 0) is 59.7 Å². The first-order valence-electron chi connectivity index (χ1n) is 11.0. The van der Waals surface area contributed by atoms with Crippen molar-refractivity contribution in [1.82, 2.24) is 4.98 Å². The quantitative estimate of drug-likeness (QED) is 0.271. The molecule has 0 saturated carbocycles. The third-order valence-electron chi connectivity index (χ3n) is 5.91. The minimum atomic E-state index is 0.425. The molecule has 4 aromatic carbocycles. The Bertz CT molecular complexity index is 1500. The molecule has 2 heterocycles. The van der Waals surface area contributed by atoms with Crippen LogP contribution in [-0.2, 0) is 0 Å². The minimum Gasteiger partial charge on any atom is -0.308 e. The Morgan fingerprint density at radius 2 is 1.26 bits per heavy atom. The number of anilines is 3. The van der Waals surface area contributed by atoms with E-state index < -0.39 is 0 Å². The summed E-state index contributed by atoms with van der Waals surface area (Å²) in [4.78, 5) is 9.26. The second kappa shape index (κ2) is 8.55. The van der Waals surface area contributed by atoms with Gasteiger partial charge in [-0.2, -0.15) is 5.26 Å². The minimum absolute atomic E-state index is 0.425. The molecule has 3 nitrogen and oxygen atoms in total. The van der Waals surface area contributed by atoms with Crippen LogP contribution in [-0.4, -0.2) is 4.98 Å². The lowest BCUT2D eigenvalue weighted by Gasteiger charge is -2.33. The van der Waals surface area contributed by atoms with E-state index in [0.29, 0.717) is 5.69 Å². The van der Waals surface area contributed by atoms with E-state index in [2.05, 4.69) is 113 Å². The van der Waals surface area contributed by atoms with Crippen LogP contribution in [0.4, 0.5) is 17.1 Å². The van der Waals surface area contributed by atoms with E-state index in [1.807, 2.05) is 23.9 Å². The first-order chi connectivity index (χ1) is 16.8. The van der Waals surface area contributed by atoms with Gasteiger partial charge in [0.2, 0.25) is 0 Å². The van der Waals surface area contributed by atoms with Crippen molar-refractivity contribution in [2.75, 3.05) is 4.90 Å². The zero-order valence-corrected chi connectivity index (χ0v) is 19.0. The molecule has 0 bridgehead atoms. The number of rotatable bonds is 3. The molecular weight excluding hydrogens is 434 g/mol. The van der Waals surface area contributed by atoms with Crippen molar-refractivity contribution in [3.05, 3.63) is 121 Å². The average molecular weight is 454 g/mol. The number of aromatic nitrogens is 1. The van der Waals surface area contributed by atoms with Gasteiger partial charge in [-0.25, -0.2) is 4.98 Å². The fraction of sp³-hybridized carbons (Fsp3) is 0. The number of benzene rings is 4. The summed E-state index contributed by atoms with van der Waals surface area (Å²) in [6, 6.07) is 41.8. The summed E-state index contributed by atoms with van der Waals surface area (Å²) in [5, 5.41) is 9.14. The van der Waals surface area contributed by atoms with Gasteiger partial charge in [-0.1, -0.05) is 78.5 Å². The molecule has 5 aromatic rings. The average Bonchev–Trinajstić information content (AvgIpc) is 2.92. The monoisotopic (exact) mass is 453 g/mol. The SMILES string of the molecule is N#Cc1cccc(-c2ccc(-c3cccc(N4c5ccccc5Sc5ccccc54)c3)cc2)n1. The van der Waals surface area contributed by atoms with Crippen LogP contribution in [0.5, 0.6) is 0 Å². The van der Waals surface area contributed by atoms with Crippen LogP contribution in [0.1, 0.15) is 5.69 Å². The molecule has 1 aromatic heterocycles. The number of nitrogens with zero attached hydrogens (tertiary/aromatic N) is 3. The van der Waals surface area contributed by atoms with Crippen LogP contribution < -0.4 is 4.90 Å². The van der Waals surface area contributed by atoms with Gasteiger partial charge in [0.1, 0.15) is 11.8 Å². The number of nitriles is 1. The third kappa shape index (κ3) is 3.63. The Labute approximate surface area is 203 Å². The zero-order chi connectivity index (χ0) is 22.9. The number of pyridine rings is 1. The Hall–Kier alpha value is -4.33. The van der Waals surface area contributed by atoms with Crippen molar-refractivity contribution in [3.8, 4) is 28.5 Å². The van der Waals surface area contributed by atoms with Crippen molar-refractivity contribution in [1.29, 1.82) is 5.26 Å². The predicted octanol–water partition coefficient (Wildman–Crippen LogP) is 8.22. The highest BCUT2D eigenvalue weighted by molar-refractivity contribution is 7.99. The third-order valence-corrected chi connectivity index (χ3v) is 7.04. The van der Waals surface area contributed by atoms with E-state index >= 15 is 0 Å². The van der Waals surface area contributed by atoms with Crippen LogP contribution in [0.15, 0.2) is 125 Å². The van der Waals surface area contributed by atoms with Crippen LogP contribution in [0.3, 0.4) is 0 Å². The molecule has 0 fully saturated rings. The van der Waals surface area contributed by atoms with Gasteiger partial charge in [-0.3, -0.25) is 0 Å². The van der Waals surface area contributed by atoms with E-state index in [4.69, 9.17) is 5.26 Å². The maximum Gasteiger partial charge on any atom is 0.141 e. The molecular formula is C30H19N3S. The first kappa shape index (κ1) is 20.3. The largest absolute Gasteiger partial charge is 0.308 e. The molecule has 1 aliphatic rings. The molecule has 1 aliphatic heterocycles. The molecule has 0 saturated heterocycles. The Balaban J connectivity index is 1.39. The lowest BCUT2D eigenvalue weighted by Crippen LogP contribution is -2.14. The molecule has 0 N–H and O–H groups in total. The summed E-state index contributed by atoms with van der Waals surface area (Å²) in [7, 11) is 0. The van der Waals surface area contributed by atoms with Gasteiger partial charge in [0.05, 0.1) is 17.1 Å². The van der Waals surface area contributed by atoms with Crippen LogP contribution in [0, 0.1) is 11.3 Å². The molecule has 34 heavy (non-hydrogen) atoms. The smallest absolute Gasteiger partial charge is 0.141 e. The molecule has 0 atom stereocenters. The van der Waals surface area contributed by atoms with Gasteiger partial charge in [0.25, 0.3) is 0 Å². The van der Waals surface area contributed by atoms with Gasteiger partial charge in [0, 0.05) is 21.0 Å². The summed E-state index contributed by atoms with van der Waals surface area (Å²) in [6.45, 7) is 0. The predicted molar refractivity (Wildman–Crippen MR) is 139 cm³/mol. The second-order valence-electron chi connectivity index (χ2n) is 8.02. The van der Waals surface area contributed by atoms with Crippen LogP contribution >= 0.6 is 11.8 Å². The van der Waals surface area contributed by atoms with Gasteiger partial charge < -0.3 is 4.90 Å².